The lowest BCUT2D eigenvalue weighted by Gasteiger charge is -2.16. The number of pyridine rings is 1. The second-order valence-electron chi connectivity index (χ2n) is 9.80. The van der Waals surface area contributed by atoms with Gasteiger partial charge in [0, 0.05) is 52.7 Å². The number of aromatic nitrogens is 6. The number of fused-ring (bicyclic) bond motifs is 1. The van der Waals surface area contributed by atoms with Crippen molar-refractivity contribution in [2.75, 3.05) is 0 Å². The quantitative estimate of drug-likeness (QED) is 0.305. The molecule has 188 valence electrons. The number of ketones is 2. The zero-order valence-electron chi connectivity index (χ0n) is 19.9. The number of halogens is 2. The normalized spacial score (nSPS) is 17.5. The summed E-state index contributed by atoms with van der Waals surface area (Å²) in [5.74, 6) is -0.323. The van der Waals surface area contributed by atoms with E-state index in [1.54, 1.807) is 19.3 Å². The minimum Gasteiger partial charge on any atom is -0.353 e. The molecule has 6 rings (SSSR count). The van der Waals surface area contributed by atoms with Gasteiger partial charge in [0.2, 0.25) is 17.4 Å². The molecule has 1 saturated carbocycles. The maximum atomic E-state index is 15.0. The van der Waals surface area contributed by atoms with Gasteiger partial charge in [-0.2, -0.15) is 4.80 Å². The van der Waals surface area contributed by atoms with Crippen molar-refractivity contribution in [1.29, 1.82) is 0 Å². The predicted molar refractivity (Wildman–Crippen MR) is 130 cm³/mol. The van der Waals surface area contributed by atoms with Gasteiger partial charge >= 0.3 is 0 Å². The highest BCUT2D eigenvalue weighted by Crippen LogP contribution is 2.52. The van der Waals surface area contributed by atoms with E-state index in [0.717, 1.165) is 24.1 Å². The molecule has 0 radical (unpaired) electrons. The molecule has 4 aromatic rings. The van der Waals surface area contributed by atoms with Crippen LogP contribution in [-0.2, 0) is 18.3 Å². The lowest BCUT2D eigenvalue weighted by Crippen LogP contribution is -2.21. The first-order valence-electron chi connectivity index (χ1n) is 12.0. The molecular weight excluding hydrogens is 499 g/mol. The van der Waals surface area contributed by atoms with Crippen LogP contribution in [0.1, 0.15) is 59.8 Å². The average Bonchev–Trinajstić information content (AvgIpc) is 3.24. The third-order valence-corrected chi connectivity index (χ3v) is 7.55. The molecule has 0 saturated heterocycles. The molecule has 1 aromatic carbocycles. The van der Waals surface area contributed by atoms with Crippen LogP contribution in [0.3, 0.4) is 0 Å². The second-order valence-corrected chi connectivity index (χ2v) is 10.2. The summed E-state index contributed by atoms with van der Waals surface area (Å²) in [5.41, 5.74) is 2.69. The van der Waals surface area contributed by atoms with Gasteiger partial charge in [0.15, 0.2) is 0 Å². The Labute approximate surface area is 216 Å². The zero-order chi connectivity index (χ0) is 25.7. The number of benzene rings is 1. The van der Waals surface area contributed by atoms with E-state index in [0.29, 0.717) is 30.4 Å². The van der Waals surface area contributed by atoms with Gasteiger partial charge < -0.3 is 4.52 Å². The number of aryl methyl sites for hydroxylation is 2. The lowest BCUT2D eigenvalue weighted by atomic mass is 9.86. The van der Waals surface area contributed by atoms with Gasteiger partial charge in [0.05, 0.1) is 18.8 Å². The summed E-state index contributed by atoms with van der Waals surface area (Å²) in [7, 11) is 1.61. The number of rotatable bonds is 8. The van der Waals surface area contributed by atoms with Crippen LogP contribution in [0.5, 0.6) is 0 Å². The monoisotopic (exact) mass is 520 g/mol. The van der Waals surface area contributed by atoms with Crippen molar-refractivity contribution in [3.63, 3.8) is 0 Å². The van der Waals surface area contributed by atoms with Crippen LogP contribution in [0.25, 0.3) is 22.5 Å². The summed E-state index contributed by atoms with van der Waals surface area (Å²) < 4.78 is 19.9. The SMILES string of the molecule is Cn1nnc(-c2c(F)cc(Cl)cc2-c2cnc3c(c2)CCC3CC(=O)C2(CC(=O)c3ccno3)CC2)n1. The van der Waals surface area contributed by atoms with Gasteiger partial charge in [0.25, 0.3) is 0 Å². The maximum absolute atomic E-state index is 15.0. The van der Waals surface area contributed by atoms with E-state index in [-0.39, 0.29) is 46.1 Å². The van der Waals surface area contributed by atoms with Crippen LogP contribution in [0.15, 0.2) is 41.2 Å². The topological polar surface area (TPSA) is 117 Å². The van der Waals surface area contributed by atoms with Crippen molar-refractivity contribution in [1.82, 2.24) is 30.3 Å². The van der Waals surface area contributed by atoms with Crippen molar-refractivity contribution in [2.45, 2.75) is 44.4 Å². The van der Waals surface area contributed by atoms with Crippen molar-refractivity contribution in [3.05, 3.63) is 64.5 Å². The standard InChI is InChI=1S/C26H22ClFN6O3/c1-34-32-25(31-33-34)23-18(10-17(27)11-19(23)28)16-8-14-2-3-15(24(14)29-13-16)9-22(36)26(5-6-26)12-20(35)21-4-7-30-37-21/h4,7-8,10-11,13,15H,2-3,5-6,9,12H2,1H3. The fraction of sp³-hybridized carbons (Fsp3) is 0.346. The molecule has 0 aliphatic heterocycles. The summed E-state index contributed by atoms with van der Waals surface area (Å²) in [6.45, 7) is 0. The Kier molecular flexibility index (Phi) is 5.71. The van der Waals surface area contributed by atoms with Crippen molar-refractivity contribution < 1.29 is 18.5 Å². The molecule has 3 heterocycles. The number of tetrazole rings is 1. The van der Waals surface area contributed by atoms with E-state index >= 15 is 0 Å². The summed E-state index contributed by atoms with van der Waals surface area (Å²) in [5, 5.41) is 15.8. The Morgan fingerprint density at radius 3 is 2.81 bits per heavy atom. The van der Waals surface area contributed by atoms with E-state index in [9.17, 15) is 14.0 Å². The molecule has 0 spiro atoms. The molecule has 2 aliphatic carbocycles. The Hall–Kier alpha value is -3.79. The predicted octanol–water partition coefficient (Wildman–Crippen LogP) is 4.76. The Morgan fingerprint density at radius 1 is 1.27 bits per heavy atom. The fourth-order valence-corrected chi connectivity index (χ4v) is 5.42. The highest BCUT2D eigenvalue weighted by molar-refractivity contribution is 6.31. The highest BCUT2D eigenvalue weighted by Gasteiger charge is 2.51. The van der Waals surface area contributed by atoms with Gasteiger partial charge in [-0.25, -0.2) is 4.39 Å². The summed E-state index contributed by atoms with van der Waals surface area (Å²) in [4.78, 5) is 31.7. The van der Waals surface area contributed by atoms with Crippen molar-refractivity contribution in [2.24, 2.45) is 12.5 Å². The Morgan fingerprint density at radius 2 is 2.11 bits per heavy atom. The molecule has 37 heavy (non-hydrogen) atoms. The molecule has 0 amide bonds. The molecule has 11 heteroatoms. The Balaban J connectivity index is 1.24. The van der Waals surface area contributed by atoms with E-state index in [4.69, 9.17) is 21.1 Å². The number of hydrogen-bond donors (Lipinski definition) is 0. The zero-order valence-corrected chi connectivity index (χ0v) is 20.7. The first-order valence-corrected chi connectivity index (χ1v) is 12.4. The van der Waals surface area contributed by atoms with Gasteiger partial charge in [-0.15, -0.1) is 10.2 Å². The summed E-state index contributed by atoms with van der Waals surface area (Å²) >= 11 is 6.19. The highest BCUT2D eigenvalue weighted by atomic mass is 35.5. The second kappa shape index (κ2) is 8.95. The molecule has 0 bridgehead atoms. The minimum absolute atomic E-state index is 0.0216. The van der Waals surface area contributed by atoms with Gasteiger partial charge in [-0.1, -0.05) is 16.8 Å². The summed E-state index contributed by atoms with van der Waals surface area (Å²) in [6.07, 6.45) is 6.53. The number of nitrogens with zero attached hydrogens (tertiary/aromatic N) is 6. The van der Waals surface area contributed by atoms with Gasteiger partial charge in [-0.05, 0) is 60.2 Å². The Bertz CT molecular complexity index is 1530. The first kappa shape index (κ1) is 23.6. The van der Waals surface area contributed by atoms with Crippen LogP contribution in [0.4, 0.5) is 4.39 Å². The number of carbonyl (C=O) groups excluding carboxylic acids is 2. The molecule has 3 aromatic heterocycles. The van der Waals surface area contributed by atoms with Crippen molar-refractivity contribution in [3.8, 4) is 22.5 Å². The smallest absolute Gasteiger partial charge is 0.208 e. The van der Waals surface area contributed by atoms with E-state index in [1.165, 1.54) is 23.1 Å². The first-order chi connectivity index (χ1) is 17.8. The van der Waals surface area contributed by atoms with Gasteiger partial charge in [0.1, 0.15) is 11.6 Å². The number of carbonyl (C=O) groups is 2. The van der Waals surface area contributed by atoms with E-state index in [2.05, 4.69) is 20.6 Å². The molecule has 9 nitrogen and oxygen atoms in total. The van der Waals surface area contributed by atoms with Gasteiger partial charge in [-0.3, -0.25) is 14.6 Å². The van der Waals surface area contributed by atoms with Crippen LogP contribution in [0, 0.1) is 11.2 Å². The van der Waals surface area contributed by atoms with Crippen LogP contribution < -0.4 is 0 Å². The van der Waals surface area contributed by atoms with Crippen molar-refractivity contribution >= 4 is 23.2 Å². The van der Waals surface area contributed by atoms with E-state index in [1.807, 2.05) is 6.07 Å². The van der Waals surface area contributed by atoms with Crippen LogP contribution in [-0.4, -0.2) is 41.9 Å². The third kappa shape index (κ3) is 4.35. The third-order valence-electron chi connectivity index (χ3n) is 7.34. The fourth-order valence-electron chi connectivity index (χ4n) is 5.21. The largest absolute Gasteiger partial charge is 0.353 e. The number of hydrogen-bond acceptors (Lipinski definition) is 8. The molecule has 1 fully saturated rings. The molecular formula is C26H22ClFN6O3. The molecule has 1 unspecified atom stereocenters. The average molecular weight is 521 g/mol. The molecule has 2 aliphatic rings. The maximum Gasteiger partial charge on any atom is 0.208 e. The van der Waals surface area contributed by atoms with Crippen LogP contribution in [0.2, 0.25) is 5.02 Å². The number of Topliss-reactive ketones (excluding diaryl/α,β-unsaturated/α-hetero) is 2. The lowest BCUT2D eigenvalue weighted by molar-refractivity contribution is -0.124. The molecule has 0 N–H and O–H groups in total. The van der Waals surface area contributed by atoms with Crippen LogP contribution >= 0.6 is 11.6 Å². The minimum atomic E-state index is -0.608. The summed E-state index contributed by atoms with van der Waals surface area (Å²) in [6, 6.07) is 6.38. The van der Waals surface area contributed by atoms with E-state index < -0.39 is 11.2 Å². The molecule has 1 atom stereocenters.